The van der Waals surface area contributed by atoms with E-state index in [4.69, 9.17) is 10.3 Å². The fraction of sp³-hybridized carbons (Fsp3) is 0.308. The van der Waals surface area contributed by atoms with Gasteiger partial charge in [0.2, 0.25) is 17.6 Å². The van der Waals surface area contributed by atoms with E-state index >= 15 is 0 Å². The van der Waals surface area contributed by atoms with Gasteiger partial charge in [0.15, 0.2) is 0 Å². The number of hydrogen-bond donors (Lipinski definition) is 1. The van der Waals surface area contributed by atoms with Crippen LogP contribution >= 0.6 is 15.9 Å². The van der Waals surface area contributed by atoms with Crippen LogP contribution in [-0.2, 0) is 4.79 Å². The van der Waals surface area contributed by atoms with Gasteiger partial charge in [-0.2, -0.15) is 4.98 Å². The van der Waals surface area contributed by atoms with Gasteiger partial charge >= 0.3 is 0 Å². The highest BCUT2D eigenvalue weighted by Crippen LogP contribution is 2.41. The molecule has 0 saturated heterocycles. The van der Waals surface area contributed by atoms with E-state index in [0.29, 0.717) is 11.7 Å². The lowest BCUT2D eigenvalue weighted by Crippen LogP contribution is -2.36. The number of nitrogens with two attached hydrogens (primary N) is 1. The lowest BCUT2D eigenvalue weighted by molar-refractivity contribution is -0.125. The predicted octanol–water partition coefficient (Wildman–Crippen LogP) is 2.48. The molecule has 2 unspecified atom stereocenters. The zero-order valence-electron chi connectivity index (χ0n) is 10.0. The lowest BCUT2D eigenvalue weighted by Gasteiger charge is -2.30. The Morgan fingerprint density at radius 2 is 2.05 bits per heavy atom. The molecule has 0 aliphatic heterocycles. The smallest absolute Gasteiger partial charge is 0.230 e. The van der Waals surface area contributed by atoms with Gasteiger partial charge in [-0.1, -0.05) is 21.1 Å². The number of nitrogens with zero attached hydrogens (tertiary/aromatic N) is 2. The van der Waals surface area contributed by atoms with Crippen molar-refractivity contribution in [2.24, 2.45) is 11.7 Å². The van der Waals surface area contributed by atoms with Crippen LogP contribution in [0.2, 0.25) is 0 Å². The number of benzene rings is 1. The predicted molar refractivity (Wildman–Crippen MR) is 72.1 cm³/mol. The molecule has 1 fully saturated rings. The molecule has 2 atom stereocenters. The molecular formula is C13H12BrN3O2. The molecule has 1 saturated carbocycles. The van der Waals surface area contributed by atoms with Crippen molar-refractivity contribution in [2.45, 2.75) is 18.8 Å². The minimum atomic E-state index is -0.292. The van der Waals surface area contributed by atoms with Crippen LogP contribution in [0.5, 0.6) is 0 Å². The standard InChI is InChI=1S/C13H12BrN3O2/c14-8-3-1-7(2-4-8)12-16-13(19-17-12)10-6-5-9(10)11(15)18/h1-4,9-10H,5-6H2,(H2,15,18). The first-order chi connectivity index (χ1) is 9.15. The molecule has 1 aliphatic rings. The SMILES string of the molecule is NC(=O)C1CCC1c1nc(-c2ccc(Br)cc2)no1. The second-order valence-corrected chi connectivity index (χ2v) is 5.57. The molecule has 0 bridgehead atoms. The molecule has 1 heterocycles. The third-order valence-electron chi connectivity index (χ3n) is 3.50. The Balaban J connectivity index is 1.84. The molecule has 5 nitrogen and oxygen atoms in total. The van der Waals surface area contributed by atoms with Crippen LogP contribution in [0.25, 0.3) is 11.4 Å². The van der Waals surface area contributed by atoms with Gasteiger partial charge in [-0.25, -0.2) is 0 Å². The molecule has 2 N–H and O–H groups in total. The summed E-state index contributed by atoms with van der Waals surface area (Å²) in [5.41, 5.74) is 6.21. The van der Waals surface area contributed by atoms with E-state index in [1.165, 1.54) is 0 Å². The van der Waals surface area contributed by atoms with E-state index in [1.54, 1.807) is 0 Å². The zero-order valence-corrected chi connectivity index (χ0v) is 11.6. The summed E-state index contributed by atoms with van der Waals surface area (Å²) >= 11 is 3.37. The molecule has 2 aromatic rings. The number of halogens is 1. The fourth-order valence-electron chi connectivity index (χ4n) is 2.24. The summed E-state index contributed by atoms with van der Waals surface area (Å²) in [4.78, 5) is 15.6. The average molecular weight is 322 g/mol. The van der Waals surface area contributed by atoms with Crippen LogP contribution in [0.15, 0.2) is 33.3 Å². The van der Waals surface area contributed by atoms with Gasteiger partial charge in [-0.3, -0.25) is 4.79 Å². The van der Waals surface area contributed by atoms with E-state index in [2.05, 4.69) is 26.1 Å². The van der Waals surface area contributed by atoms with Crippen molar-refractivity contribution in [3.63, 3.8) is 0 Å². The van der Waals surface area contributed by atoms with Gasteiger partial charge < -0.3 is 10.3 Å². The average Bonchev–Trinajstić information content (AvgIpc) is 2.77. The Morgan fingerprint density at radius 3 is 2.63 bits per heavy atom. The van der Waals surface area contributed by atoms with Gasteiger partial charge in [0, 0.05) is 16.0 Å². The monoisotopic (exact) mass is 321 g/mol. The van der Waals surface area contributed by atoms with Gasteiger partial charge in [-0.15, -0.1) is 0 Å². The molecule has 6 heteroatoms. The molecule has 0 radical (unpaired) electrons. The summed E-state index contributed by atoms with van der Waals surface area (Å²) in [5, 5.41) is 3.96. The number of aromatic nitrogens is 2. The summed E-state index contributed by atoms with van der Waals surface area (Å²) in [7, 11) is 0. The van der Waals surface area contributed by atoms with Crippen LogP contribution in [0.4, 0.5) is 0 Å². The van der Waals surface area contributed by atoms with Gasteiger partial charge in [-0.05, 0) is 37.1 Å². The first-order valence-electron chi connectivity index (χ1n) is 6.04. The van der Waals surface area contributed by atoms with Crippen molar-refractivity contribution in [1.29, 1.82) is 0 Å². The fourth-order valence-corrected chi connectivity index (χ4v) is 2.50. The Labute approximate surface area is 118 Å². The number of amides is 1. The molecule has 1 aromatic carbocycles. The van der Waals surface area contributed by atoms with E-state index in [0.717, 1.165) is 22.9 Å². The number of hydrogen-bond acceptors (Lipinski definition) is 4. The normalized spacial score (nSPS) is 21.9. The number of carbonyl (C=O) groups is 1. The molecule has 1 aromatic heterocycles. The van der Waals surface area contributed by atoms with Crippen molar-refractivity contribution in [1.82, 2.24) is 10.1 Å². The lowest BCUT2D eigenvalue weighted by atomic mass is 9.73. The van der Waals surface area contributed by atoms with Gasteiger partial charge in [0.1, 0.15) is 0 Å². The molecule has 98 valence electrons. The zero-order chi connectivity index (χ0) is 13.4. The highest BCUT2D eigenvalue weighted by Gasteiger charge is 2.40. The Bertz CT molecular complexity index is 609. The van der Waals surface area contributed by atoms with Gasteiger partial charge in [0.05, 0.1) is 5.92 Å². The van der Waals surface area contributed by atoms with Gasteiger partial charge in [0.25, 0.3) is 0 Å². The number of primary amides is 1. The minimum Gasteiger partial charge on any atom is -0.369 e. The summed E-state index contributed by atoms with van der Waals surface area (Å²) in [5.74, 6) is 0.567. The third-order valence-corrected chi connectivity index (χ3v) is 4.03. The molecule has 1 amide bonds. The maximum absolute atomic E-state index is 11.2. The Kier molecular flexibility index (Phi) is 3.10. The van der Waals surface area contributed by atoms with E-state index < -0.39 is 0 Å². The Hall–Kier alpha value is -1.69. The summed E-state index contributed by atoms with van der Waals surface area (Å²) < 4.78 is 6.25. The van der Waals surface area contributed by atoms with E-state index in [9.17, 15) is 4.79 Å². The van der Waals surface area contributed by atoms with Crippen molar-refractivity contribution >= 4 is 21.8 Å². The van der Waals surface area contributed by atoms with Crippen molar-refractivity contribution in [2.75, 3.05) is 0 Å². The van der Waals surface area contributed by atoms with E-state index in [1.807, 2.05) is 24.3 Å². The maximum Gasteiger partial charge on any atom is 0.230 e. The highest BCUT2D eigenvalue weighted by atomic mass is 79.9. The first kappa shape index (κ1) is 12.3. The number of carbonyl (C=O) groups excluding carboxylic acids is 1. The summed E-state index contributed by atoms with van der Waals surface area (Å²) in [6.07, 6.45) is 1.67. The van der Waals surface area contributed by atoms with E-state index in [-0.39, 0.29) is 17.7 Å². The molecule has 1 aliphatic carbocycles. The van der Waals surface area contributed by atoms with Crippen LogP contribution in [0, 0.1) is 5.92 Å². The van der Waals surface area contributed by atoms with Crippen LogP contribution < -0.4 is 5.73 Å². The third kappa shape index (κ3) is 2.28. The van der Waals surface area contributed by atoms with Crippen LogP contribution in [-0.4, -0.2) is 16.0 Å². The minimum absolute atomic E-state index is 0.0193. The first-order valence-corrected chi connectivity index (χ1v) is 6.83. The molecule has 19 heavy (non-hydrogen) atoms. The summed E-state index contributed by atoms with van der Waals surface area (Å²) in [6, 6.07) is 7.65. The molecule has 3 rings (SSSR count). The second-order valence-electron chi connectivity index (χ2n) is 4.66. The van der Waals surface area contributed by atoms with Crippen LogP contribution in [0.3, 0.4) is 0 Å². The van der Waals surface area contributed by atoms with Crippen molar-refractivity contribution in [3.05, 3.63) is 34.6 Å². The maximum atomic E-state index is 11.2. The summed E-state index contributed by atoms with van der Waals surface area (Å²) in [6.45, 7) is 0. The van der Waals surface area contributed by atoms with Crippen molar-refractivity contribution < 1.29 is 9.32 Å². The largest absolute Gasteiger partial charge is 0.369 e. The topological polar surface area (TPSA) is 82.0 Å². The molecular weight excluding hydrogens is 310 g/mol. The quantitative estimate of drug-likeness (QED) is 0.941. The Morgan fingerprint density at radius 1 is 1.32 bits per heavy atom. The number of rotatable bonds is 3. The van der Waals surface area contributed by atoms with Crippen molar-refractivity contribution in [3.8, 4) is 11.4 Å². The highest BCUT2D eigenvalue weighted by molar-refractivity contribution is 9.10. The molecule has 0 spiro atoms. The van der Waals surface area contributed by atoms with Crippen LogP contribution in [0.1, 0.15) is 24.7 Å². The second kappa shape index (κ2) is 4.77.